The highest BCUT2D eigenvalue weighted by Crippen LogP contribution is 2.49. The van der Waals surface area contributed by atoms with Crippen molar-refractivity contribution in [2.75, 3.05) is 0 Å². The normalized spacial score (nSPS) is 23.6. The van der Waals surface area contributed by atoms with Gasteiger partial charge in [0.25, 0.3) is 5.91 Å². The molecular formula is C27H30N2O. The number of aromatic nitrogens is 1. The number of fused-ring (bicyclic) bond motifs is 3. The van der Waals surface area contributed by atoms with Gasteiger partial charge in [0.05, 0.1) is 16.8 Å². The molecule has 3 nitrogen and oxygen atoms in total. The summed E-state index contributed by atoms with van der Waals surface area (Å²) in [6.45, 7) is 4.35. The molecule has 2 aliphatic carbocycles. The van der Waals surface area contributed by atoms with Gasteiger partial charge in [0.1, 0.15) is 0 Å². The summed E-state index contributed by atoms with van der Waals surface area (Å²) in [5.41, 5.74) is 4.80. The van der Waals surface area contributed by atoms with Crippen molar-refractivity contribution in [3.8, 4) is 11.3 Å². The van der Waals surface area contributed by atoms with Crippen LogP contribution in [0.3, 0.4) is 0 Å². The first kappa shape index (κ1) is 19.3. The molecule has 30 heavy (non-hydrogen) atoms. The monoisotopic (exact) mass is 398 g/mol. The number of para-hydroxylation sites is 1. The smallest absolute Gasteiger partial charge is 0.252 e. The van der Waals surface area contributed by atoms with Crippen molar-refractivity contribution < 1.29 is 4.79 Å². The Bertz CT molecular complexity index is 1070. The SMILES string of the molecule is CCc1ccc(-c2cc(C(=O)N[C@@H](C)[C@H]3C[C@@H]4CC[C@@H]3C4)c3ccccc3n2)cc1. The third kappa shape index (κ3) is 3.51. The second-order valence-corrected chi connectivity index (χ2v) is 9.22. The number of nitrogens with zero attached hydrogens (tertiary/aromatic N) is 1. The van der Waals surface area contributed by atoms with Gasteiger partial charge in [-0.05, 0) is 68.1 Å². The van der Waals surface area contributed by atoms with E-state index in [2.05, 4.69) is 43.4 Å². The fraction of sp³-hybridized carbons (Fsp3) is 0.407. The first-order chi connectivity index (χ1) is 14.6. The topological polar surface area (TPSA) is 42.0 Å². The second kappa shape index (κ2) is 7.86. The number of hydrogen-bond acceptors (Lipinski definition) is 2. The predicted molar refractivity (Wildman–Crippen MR) is 122 cm³/mol. The van der Waals surface area contributed by atoms with Crippen LogP contribution < -0.4 is 5.32 Å². The van der Waals surface area contributed by atoms with Crippen LogP contribution in [0, 0.1) is 17.8 Å². The minimum absolute atomic E-state index is 0.0234. The number of pyridine rings is 1. The Labute approximate surface area is 178 Å². The average molecular weight is 399 g/mol. The highest BCUT2D eigenvalue weighted by molar-refractivity contribution is 6.07. The van der Waals surface area contributed by atoms with Crippen molar-refractivity contribution in [2.45, 2.75) is 52.0 Å². The van der Waals surface area contributed by atoms with Crippen molar-refractivity contribution in [1.82, 2.24) is 10.3 Å². The number of aryl methyl sites for hydroxylation is 1. The Morgan fingerprint density at radius 3 is 2.60 bits per heavy atom. The Morgan fingerprint density at radius 2 is 1.90 bits per heavy atom. The molecule has 0 saturated heterocycles. The third-order valence-corrected chi connectivity index (χ3v) is 7.41. The molecule has 3 aromatic rings. The minimum atomic E-state index is 0.0234. The van der Waals surface area contributed by atoms with Crippen LogP contribution >= 0.6 is 0 Å². The number of amides is 1. The van der Waals surface area contributed by atoms with Gasteiger partial charge in [-0.25, -0.2) is 4.98 Å². The summed E-state index contributed by atoms with van der Waals surface area (Å²) in [5.74, 6) is 2.34. The van der Waals surface area contributed by atoms with Gasteiger partial charge in [0, 0.05) is 17.0 Å². The molecule has 1 amide bonds. The molecule has 2 fully saturated rings. The van der Waals surface area contributed by atoms with Crippen molar-refractivity contribution in [3.05, 3.63) is 65.7 Å². The molecule has 2 aliphatic rings. The van der Waals surface area contributed by atoms with E-state index in [1.807, 2.05) is 30.3 Å². The third-order valence-electron chi connectivity index (χ3n) is 7.41. The summed E-state index contributed by atoms with van der Waals surface area (Å²) in [6.07, 6.45) is 6.38. The molecule has 1 aromatic heterocycles. The Morgan fingerprint density at radius 1 is 1.10 bits per heavy atom. The molecule has 2 aromatic carbocycles. The first-order valence-corrected chi connectivity index (χ1v) is 11.4. The van der Waals surface area contributed by atoms with Gasteiger partial charge in [-0.1, -0.05) is 55.8 Å². The second-order valence-electron chi connectivity index (χ2n) is 9.22. The van der Waals surface area contributed by atoms with Crippen LogP contribution in [0.1, 0.15) is 55.5 Å². The van der Waals surface area contributed by atoms with Gasteiger partial charge in [0.15, 0.2) is 0 Å². The number of carbonyl (C=O) groups excluding carboxylic acids is 1. The molecule has 0 spiro atoms. The van der Waals surface area contributed by atoms with Crippen molar-refractivity contribution >= 4 is 16.8 Å². The lowest BCUT2D eigenvalue weighted by Gasteiger charge is -2.28. The lowest BCUT2D eigenvalue weighted by atomic mass is 9.84. The van der Waals surface area contributed by atoms with Gasteiger partial charge < -0.3 is 5.32 Å². The molecule has 1 N–H and O–H groups in total. The van der Waals surface area contributed by atoms with Crippen LogP contribution in [0.5, 0.6) is 0 Å². The van der Waals surface area contributed by atoms with Gasteiger partial charge in [-0.15, -0.1) is 0 Å². The highest BCUT2D eigenvalue weighted by Gasteiger charge is 2.42. The molecule has 4 atom stereocenters. The van der Waals surface area contributed by atoms with Crippen LogP contribution in [-0.2, 0) is 6.42 Å². The fourth-order valence-corrected chi connectivity index (χ4v) is 5.72. The molecule has 2 bridgehead atoms. The van der Waals surface area contributed by atoms with E-state index >= 15 is 0 Å². The van der Waals surface area contributed by atoms with Crippen molar-refractivity contribution in [3.63, 3.8) is 0 Å². The maximum Gasteiger partial charge on any atom is 0.252 e. The molecule has 2 saturated carbocycles. The number of carbonyl (C=O) groups is 1. The predicted octanol–water partition coefficient (Wildman–Crippen LogP) is 6.02. The van der Waals surface area contributed by atoms with Gasteiger partial charge in [-0.2, -0.15) is 0 Å². The summed E-state index contributed by atoms with van der Waals surface area (Å²) in [4.78, 5) is 18.2. The standard InChI is InChI=1S/C27H30N2O/c1-3-18-8-11-20(12-9-18)26-16-24(22-6-4-5-7-25(22)29-26)27(30)28-17(2)23-15-19-10-13-21(23)14-19/h4-9,11-12,16-17,19,21,23H,3,10,13-15H2,1-2H3,(H,28,30)/t17-,19+,21+,23+/m0/s1. The summed E-state index contributed by atoms with van der Waals surface area (Å²) >= 11 is 0. The van der Waals surface area contributed by atoms with Crippen molar-refractivity contribution in [2.24, 2.45) is 17.8 Å². The zero-order chi connectivity index (χ0) is 20.7. The highest BCUT2D eigenvalue weighted by atomic mass is 16.1. The van der Waals surface area contributed by atoms with E-state index < -0.39 is 0 Å². The number of rotatable bonds is 5. The Balaban J connectivity index is 1.46. The van der Waals surface area contributed by atoms with E-state index in [9.17, 15) is 4.79 Å². The zero-order valence-corrected chi connectivity index (χ0v) is 17.9. The number of nitrogens with one attached hydrogen (secondary N) is 1. The van der Waals surface area contributed by atoms with E-state index in [0.717, 1.165) is 46.0 Å². The molecule has 0 radical (unpaired) electrons. The average Bonchev–Trinajstić information content (AvgIpc) is 3.42. The molecule has 0 unspecified atom stereocenters. The van der Waals surface area contributed by atoms with Crippen LogP contribution in [-0.4, -0.2) is 16.9 Å². The molecular weight excluding hydrogens is 368 g/mol. The van der Waals surface area contributed by atoms with E-state index in [0.29, 0.717) is 5.92 Å². The Hall–Kier alpha value is -2.68. The summed E-state index contributed by atoms with van der Waals surface area (Å²) < 4.78 is 0. The summed E-state index contributed by atoms with van der Waals surface area (Å²) in [7, 11) is 0. The number of hydrogen-bond donors (Lipinski definition) is 1. The van der Waals surface area contributed by atoms with Crippen LogP contribution in [0.4, 0.5) is 0 Å². The quantitative estimate of drug-likeness (QED) is 0.571. The lowest BCUT2D eigenvalue weighted by molar-refractivity contribution is 0.0917. The van der Waals surface area contributed by atoms with Gasteiger partial charge >= 0.3 is 0 Å². The van der Waals surface area contributed by atoms with Gasteiger partial charge in [-0.3, -0.25) is 4.79 Å². The lowest BCUT2D eigenvalue weighted by Crippen LogP contribution is -2.40. The number of benzene rings is 2. The summed E-state index contributed by atoms with van der Waals surface area (Å²) in [5, 5.41) is 4.27. The largest absolute Gasteiger partial charge is 0.349 e. The molecule has 154 valence electrons. The maximum absolute atomic E-state index is 13.4. The van der Waals surface area contributed by atoms with E-state index in [-0.39, 0.29) is 11.9 Å². The maximum atomic E-state index is 13.4. The molecule has 5 rings (SSSR count). The molecule has 1 heterocycles. The molecule has 3 heteroatoms. The molecule has 0 aliphatic heterocycles. The van der Waals surface area contributed by atoms with Crippen LogP contribution in [0.15, 0.2) is 54.6 Å². The van der Waals surface area contributed by atoms with Gasteiger partial charge in [0.2, 0.25) is 0 Å². The Kier molecular flexibility index (Phi) is 5.06. The van der Waals surface area contributed by atoms with Crippen LogP contribution in [0.2, 0.25) is 0 Å². The van der Waals surface area contributed by atoms with E-state index in [1.54, 1.807) is 0 Å². The minimum Gasteiger partial charge on any atom is -0.349 e. The van der Waals surface area contributed by atoms with E-state index in [1.165, 1.54) is 31.2 Å². The first-order valence-electron chi connectivity index (χ1n) is 11.4. The summed E-state index contributed by atoms with van der Waals surface area (Å²) in [6, 6.07) is 18.6. The van der Waals surface area contributed by atoms with Crippen LogP contribution in [0.25, 0.3) is 22.2 Å². The fourth-order valence-electron chi connectivity index (χ4n) is 5.72. The zero-order valence-electron chi connectivity index (χ0n) is 17.9. The van der Waals surface area contributed by atoms with E-state index in [4.69, 9.17) is 4.98 Å². The van der Waals surface area contributed by atoms with Crippen molar-refractivity contribution in [1.29, 1.82) is 0 Å².